The highest BCUT2D eigenvalue weighted by Crippen LogP contribution is 2.21. The summed E-state index contributed by atoms with van der Waals surface area (Å²) >= 11 is 0. The minimum atomic E-state index is -3.63. The minimum Gasteiger partial charge on any atom is -0.270 e. The fourth-order valence-corrected chi connectivity index (χ4v) is 1.65. The third-order valence-electron chi connectivity index (χ3n) is 1.94. The smallest absolute Gasteiger partial charge is 0.270 e. The van der Waals surface area contributed by atoms with Gasteiger partial charge < -0.3 is 0 Å². The number of nitro benzene ring substituents is 1. The maximum absolute atomic E-state index is 13.3. The Hall–Kier alpha value is -1.54. The maximum Gasteiger partial charge on any atom is 0.275 e. The molecular formula is C9H10FNO5S. The summed E-state index contributed by atoms with van der Waals surface area (Å²) in [5.41, 5.74) is -0.553. The van der Waals surface area contributed by atoms with Gasteiger partial charge >= 0.3 is 0 Å². The second-order valence-electron chi connectivity index (χ2n) is 3.27. The zero-order valence-electron chi connectivity index (χ0n) is 8.92. The van der Waals surface area contributed by atoms with Crippen LogP contribution in [0.15, 0.2) is 18.2 Å². The van der Waals surface area contributed by atoms with E-state index in [0.717, 1.165) is 18.4 Å². The average Bonchev–Trinajstić information content (AvgIpc) is 2.18. The molecule has 0 aliphatic heterocycles. The van der Waals surface area contributed by atoms with E-state index in [1.165, 1.54) is 6.07 Å². The molecule has 1 aromatic carbocycles. The summed E-state index contributed by atoms with van der Waals surface area (Å²) in [6, 6.07) is 3.44. The van der Waals surface area contributed by atoms with Gasteiger partial charge in [0.05, 0.1) is 23.3 Å². The van der Waals surface area contributed by atoms with E-state index in [0.29, 0.717) is 0 Å². The van der Waals surface area contributed by atoms with Crippen LogP contribution < -0.4 is 0 Å². The molecule has 94 valence electrons. The number of nitro groups is 1. The Balaban J connectivity index is 2.86. The van der Waals surface area contributed by atoms with Crippen LogP contribution >= 0.6 is 0 Å². The number of nitrogens with zero attached hydrogens (tertiary/aromatic N) is 1. The monoisotopic (exact) mass is 263 g/mol. The van der Waals surface area contributed by atoms with Crippen molar-refractivity contribution >= 4 is 15.8 Å². The molecule has 6 nitrogen and oxygen atoms in total. The van der Waals surface area contributed by atoms with Gasteiger partial charge in [-0.25, -0.2) is 4.39 Å². The second kappa shape index (κ2) is 5.19. The predicted octanol–water partition coefficient (Wildman–Crippen LogP) is 1.25. The lowest BCUT2D eigenvalue weighted by Gasteiger charge is -2.04. The van der Waals surface area contributed by atoms with Crippen molar-refractivity contribution in [2.75, 3.05) is 12.9 Å². The molecule has 0 aliphatic carbocycles. The van der Waals surface area contributed by atoms with Crippen molar-refractivity contribution in [1.82, 2.24) is 0 Å². The Morgan fingerprint density at radius 1 is 1.47 bits per heavy atom. The molecule has 0 unspecified atom stereocenters. The molecule has 1 aromatic rings. The van der Waals surface area contributed by atoms with E-state index < -0.39 is 20.9 Å². The van der Waals surface area contributed by atoms with Crippen LogP contribution in [0.5, 0.6) is 0 Å². The Labute approximate surface area is 97.3 Å². The van der Waals surface area contributed by atoms with Crippen molar-refractivity contribution < 1.29 is 21.9 Å². The van der Waals surface area contributed by atoms with Gasteiger partial charge in [0.1, 0.15) is 5.82 Å². The van der Waals surface area contributed by atoms with Gasteiger partial charge in [0.25, 0.3) is 15.8 Å². The van der Waals surface area contributed by atoms with Crippen LogP contribution in [0.1, 0.15) is 5.56 Å². The predicted molar refractivity (Wildman–Crippen MR) is 57.6 cm³/mol. The molecule has 1 rings (SSSR count). The molecule has 0 saturated carbocycles. The fraction of sp³-hybridized carbons (Fsp3) is 0.333. The molecule has 0 heterocycles. The molecule has 0 fully saturated rings. The van der Waals surface area contributed by atoms with Crippen LogP contribution in [-0.4, -0.2) is 26.2 Å². The number of benzene rings is 1. The quantitative estimate of drug-likeness (QED) is 0.453. The summed E-state index contributed by atoms with van der Waals surface area (Å²) < 4.78 is 39.1. The molecule has 0 bridgehead atoms. The molecule has 0 spiro atoms. The van der Waals surface area contributed by atoms with E-state index in [1.54, 1.807) is 0 Å². The normalized spacial score (nSPS) is 11.4. The first-order valence-electron chi connectivity index (χ1n) is 4.57. The van der Waals surface area contributed by atoms with Crippen LogP contribution in [-0.2, 0) is 20.7 Å². The number of hydrogen-bond donors (Lipinski definition) is 0. The third-order valence-corrected chi connectivity index (χ3v) is 2.54. The minimum absolute atomic E-state index is 0.166. The largest absolute Gasteiger partial charge is 0.275 e. The van der Waals surface area contributed by atoms with Crippen molar-refractivity contribution in [3.8, 4) is 0 Å². The zero-order valence-corrected chi connectivity index (χ0v) is 9.74. The highest BCUT2D eigenvalue weighted by Gasteiger charge is 2.17. The number of halogens is 1. The second-order valence-corrected chi connectivity index (χ2v) is 4.91. The van der Waals surface area contributed by atoms with Gasteiger partial charge in [-0.2, -0.15) is 8.42 Å². The molecular weight excluding hydrogens is 253 g/mol. The molecule has 0 radical (unpaired) electrons. The molecule has 0 aliphatic rings. The first kappa shape index (κ1) is 13.5. The molecule has 8 heteroatoms. The van der Waals surface area contributed by atoms with Crippen LogP contribution in [0.2, 0.25) is 0 Å². The van der Waals surface area contributed by atoms with Gasteiger partial charge in [0.15, 0.2) is 0 Å². The van der Waals surface area contributed by atoms with E-state index in [9.17, 15) is 22.9 Å². The van der Waals surface area contributed by atoms with E-state index in [2.05, 4.69) is 4.18 Å². The standard InChI is InChI=1S/C9H10FNO5S/c1-17(14,15)16-6-5-7-8(10)3-2-4-9(7)11(12)13/h2-4H,5-6H2,1H3. The Bertz CT molecular complexity index is 528. The Morgan fingerprint density at radius 3 is 2.65 bits per heavy atom. The lowest BCUT2D eigenvalue weighted by atomic mass is 10.1. The third kappa shape index (κ3) is 4.08. The maximum atomic E-state index is 13.3. The van der Waals surface area contributed by atoms with Crippen LogP contribution in [0.25, 0.3) is 0 Å². The number of rotatable bonds is 5. The summed E-state index contributed by atoms with van der Waals surface area (Å²) in [6.45, 7) is -0.333. The summed E-state index contributed by atoms with van der Waals surface area (Å²) in [4.78, 5) is 9.89. The van der Waals surface area contributed by atoms with Crippen molar-refractivity contribution in [3.05, 3.63) is 39.7 Å². The Kier molecular flexibility index (Phi) is 4.13. The molecule has 0 atom stereocenters. The molecule has 0 N–H and O–H groups in total. The van der Waals surface area contributed by atoms with E-state index >= 15 is 0 Å². The fourth-order valence-electron chi connectivity index (χ4n) is 1.26. The lowest BCUT2D eigenvalue weighted by molar-refractivity contribution is -0.385. The van der Waals surface area contributed by atoms with Crippen molar-refractivity contribution in [3.63, 3.8) is 0 Å². The van der Waals surface area contributed by atoms with Gasteiger partial charge in [-0.1, -0.05) is 6.07 Å². The highest BCUT2D eigenvalue weighted by atomic mass is 32.2. The molecule has 0 saturated heterocycles. The van der Waals surface area contributed by atoms with Crippen LogP contribution in [0, 0.1) is 15.9 Å². The van der Waals surface area contributed by atoms with Crippen molar-refractivity contribution in [1.29, 1.82) is 0 Å². The Morgan fingerprint density at radius 2 is 2.12 bits per heavy atom. The van der Waals surface area contributed by atoms with E-state index in [1.807, 2.05) is 0 Å². The van der Waals surface area contributed by atoms with Crippen LogP contribution in [0.3, 0.4) is 0 Å². The zero-order chi connectivity index (χ0) is 13.1. The van der Waals surface area contributed by atoms with E-state index in [4.69, 9.17) is 0 Å². The first-order chi connectivity index (χ1) is 7.81. The SMILES string of the molecule is CS(=O)(=O)OCCc1c(F)cccc1[N+](=O)[O-]. The van der Waals surface area contributed by atoms with Gasteiger partial charge in [-0.15, -0.1) is 0 Å². The van der Waals surface area contributed by atoms with Crippen molar-refractivity contribution in [2.24, 2.45) is 0 Å². The summed E-state index contributed by atoms with van der Waals surface area (Å²) in [5.74, 6) is -0.753. The summed E-state index contributed by atoms with van der Waals surface area (Å²) in [6.07, 6.45) is 0.665. The van der Waals surface area contributed by atoms with Gasteiger partial charge in [0.2, 0.25) is 0 Å². The van der Waals surface area contributed by atoms with E-state index in [-0.39, 0.29) is 24.3 Å². The lowest BCUT2D eigenvalue weighted by Crippen LogP contribution is -2.08. The molecule has 17 heavy (non-hydrogen) atoms. The average molecular weight is 263 g/mol. The number of hydrogen-bond acceptors (Lipinski definition) is 5. The van der Waals surface area contributed by atoms with Gasteiger partial charge in [0, 0.05) is 12.5 Å². The van der Waals surface area contributed by atoms with Crippen LogP contribution in [0.4, 0.5) is 10.1 Å². The summed E-state index contributed by atoms with van der Waals surface area (Å²) in [7, 11) is -3.63. The first-order valence-corrected chi connectivity index (χ1v) is 6.39. The highest BCUT2D eigenvalue weighted by molar-refractivity contribution is 7.85. The van der Waals surface area contributed by atoms with Gasteiger partial charge in [-0.05, 0) is 6.07 Å². The molecule has 0 aromatic heterocycles. The topological polar surface area (TPSA) is 86.5 Å². The van der Waals surface area contributed by atoms with Gasteiger partial charge in [-0.3, -0.25) is 14.3 Å². The summed E-state index contributed by atoms with van der Waals surface area (Å²) in [5, 5.41) is 10.6. The molecule has 0 amide bonds. The van der Waals surface area contributed by atoms with Crippen molar-refractivity contribution in [2.45, 2.75) is 6.42 Å².